The van der Waals surface area contributed by atoms with Gasteiger partial charge >= 0.3 is 6.03 Å². The van der Waals surface area contributed by atoms with Gasteiger partial charge in [0.1, 0.15) is 0 Å². The Labute approximate surface area is 170 Å². The molecule has 0 aromatic heterocycles. The predicted molar refractivity (Wildman–Crippen MR) is 112 cm³/mol. The van der Waals surface area contributed by atoms with Crippen molar-refractivity contribution >= 4 is 48.8 Å². The quantitative estimate of drug-likeness (QED) is 0.636. The van der Waals surface area contributed by atoms with E-state index in [2.05, 4.69) is 25.1 Å². The predicted octanol–water partition coefficient (Wildman–Crippen LogP) is 3.75. The van der Waals surface area contributed by atoms with E-state index in [0.717, 1.165) is 29.1 Å². The minimum Gasteiger partial charge on any atom is -0.366 e. The van der Waals surface area contributed by atoms with Crippen molar-refractivity contribution in [1.82, 2.24) is 5.32 Å². The molecule has 0 saturated carbocycles. The van der Waals surface area contributed by atoms with Gasteiger partial charge in [0.05, 0.1) is 5.69 Å². The maximum atomic E-state index is 12.2. The van der Waals surface area contributed by atoms with Gasteiger partial charge in [-0.1, -0.05) is 38.3 Å². The van der Waals surface area contributed by atoms with Crippen molar-refractivity contribution in [2.24, 2.45) is 5.73 Å². The number of imide groups is 1. The highest BCUT2D eigenvalue weighted by molar-refractivity contribution is 7.82. The summed E-state index contributed by atoms with van der Waals surface area (Å²) in [4.78, 5) is 35.5. The van der Waals surface area contributed by atoms with Crippen molar-refractivity contribution in [3.05, 3.63) is 65.2 Å². The summed E-state index contributed by atoms with van der Waals surface area (Å²) in [5, 5.41) is 2.27. The molecule has 0 aliphatic carbocycles. The molecular formula is C19H22ClN3O3S. The molecule has 3 N–H and O–H groups in total. The van der Waals surface area contributed by atoms with Gasteiger partial charge in [0.25, 0.3) is 5.91 Å². The molecule has 0 atom stereocenters. The van der Waals surface area contributed by atoms with E-state index >= 15 is 0 Å². The van der Waals surface area contributed by atoms with Crippen molar-refractivity contribution in [3.8, 4) is 0 Å². The SMILES string of the molecule is CCCCc1ccc(C(=O)NC(=O)N(S)c2ccc(C(N)=O)cc2)cc1.Cl. The number of hydrogen-bond donors (Lipinski definition) is 3. The van der Waals surface area contributed by atoms with E-state index in [9.17, 15) is 14.4 Å². The Bertz CT molecular complexity index is 795. The standard InChI is InChI=1S/C19H21N3O3S.ClH/c1-2-3-4-13-5-7-15(8-6-13)18(24)21-19(25)22(26)16-11-9-14(10-12-16)17(20)23;/h5-12,26H,2-4H2,1H3,(H2,20,23)(H,21,24,25);1H. The van der Waals surface area contributed by atoms with E-state index < -0.39 is 17.8 Å². The zero-order valence-electron chi connectivity index (χ0n) is 14.8. The van der Waals surface area contributed by atoms with Crippen LogP contribution in [0.1, 0.15) is 46.0 Å². The van der Waals surface area contributed by atoms with Crippen LogP contribution in [0.25, 0.3) is 0 Å². The number of nitrogens with one attached hydrogen (secondary N) is 1. The Kier molecular flexibility index (Phi) is 8.84. The van der Waals surface area contributed by atoms with Crippen LogP contribution in [0.2, 0.25) is 0 Å². The van der Waals surface area contributed by atoms with Crippen LogP contribution in [-0.2, 0) is 6.42 Å². The van der Waals surface area contributed by atoms with Crippen molar-refractivity contribution in [2.45, 2.75) is 26.2 Å². The number of aryl methyl sites for hydroxylation is 1. The second-order valence-corrected chi connectivity index (χ2v) is 6.18. The Morgan fingerprint density at radius 1 is 1.00 bits per heavy atom. The van der Waals surface area contributed by atoms with E-state index in [4.69, 9.17) is 5.73 Å². The van der Waals surface area contributed by atoms with Gasteiger partial charge in [0.2, 0.25) is 5.91 Å². The van der Waals surface area contributed by atoms with Gasteiger partial charge in [-0.05, 0) is 54.8 Å². The zero-order chi connectivity index (χ0) is 19.1. The Morgan fingerprint density at radius 3 is 2.07 bits per heavy atom. The van der Waals surface area contributed by atoms with Crippen LogP contribution >= 0.6 is 25.2 Å². The minimum absolute atomic E-state index is 0. The van der Waals surface area contributed by atoms with Crippen LogP contribution in [0.15, 0.2) is 48.5 Å². The highest BCUT2D eigenvalue weighted by atomic mass is 35.5. The summed E-state index contributed by atoms with van der Waals surface area (Å²) in [6.07, 6.45) is 3.16. The van der Waals surface area contributed by atoms with Crippen LogP contribution in [0, 0.1) is 0 Å². The summed E-state index contributed by atoms with van der Waals surface area (Å²) in [5.74, 6) is -1.07. The molecule has 0 aliphatic heterocycles. The van der Waals surface area contributed by atoms with Crippen molar-refractivity contribution in [3.63, 3.8) is 0 Å². The maximum Gasteiger partial charge on any atom is 0.338 e. The monoisotopic (exact) mass is 407 g/mol. The van der Waals surface area contributed by atoms with E-state index in [1.165, 1.54) is 24.3 Å². The fraction of sp³-hybridized carbons (Fsp3) is 0.211. The molecule has 2 aromatic carbocycles. The number of amides is 4. The molecule has 0 radical (unpaired) electrons. The average molecular weight is 408 g/mol. The minimum atomic E-state index is -0.694. The molecule has 4 amide bonds. The van der Waals surface area contributed by atoms with Crippen molar-refractivity contribution in [1.29, 1.82) is 0 Å². The Balaban J connectivity index is 0.00000364. The fourth-order valence-corrected chi connectivity index (χ4v) is 2.49. The Morgan fingerprint density at radius 2 is 1.56 bits per heavy atom. The molecule has 2 aromatic rings. The third-order valence-corrected chi connectivity index (χ3v) is 4.26. The summed E-state index contributed by atoms with van der Waals surface area (Å²) in [6, 6.07) is 12.4. The second-order valence-electron chi connectivity index (χ2n) is 5.78. The first-order valence-corrected chi connectivity index (χ1v) is 8.65. The van der Waals surface area contributed by atoms with Gasteiger partial charge < -0.3 is 5.73 Å². The highest BCUT2D eigenvalue weighted by Crippen LogP contribution is 2.17. The lowest BCUT2D eigenvalue weighted by Crippen LogP contribution is -2.38. The number of thiol groups is 1. The molecule has 27 heavy (non-hydrogen) atoms. The number of carbonyl (C=O) groups excluding carboxylic acids is 3. The highest BCUT2D eigenvalue weighted by Gasteiger charge is 2.16. The van der Waals surface area contributed by atoms with Gasteiger partial charge in [-0.2, -0.15) is 0 Å². The van der Waals surface area contributed by atoms with Crippen LogP contribution in [0.3, 0.4) is 0 Å². The van der Waals surface area contributed by atoms with Crippen molar-refractivity contribution in [2.75, 3.05) is 4.31 Å². The normalized spacial score (nSPS) is 9.85. The summed E-state index contributed by atoms with van der Waals surface area (Å²) in [5.41, 5.74) is 7.43. The molecule has 0 aliphatic rings. The zero-order valence-corrected chi connectivity index (χ0v) is 16.6. The molecule has 0 heterocycles. The molecule has 144 valence electrons. The maximum absolute atomic E-state index is 12.2. The van der Waals surface area contributed by atoms with Gasteiger partial charge in [-0.15, -0.1) is 12.4 Å². The molecule has 0 unspecified atom stereocenters. The third kappa shape index (κ3) is 6.30. The average Bonchev–Trinajstić information content (AvgIpc) is 2.66. The largest absolute Gasteiger partial charge is 0.366 e. The first-order valence-electron chi connectivity index (χ1n) is 8.25. The lowest BCUT2D eigenvalue weighted by Gasteiger charge is -2.16. The van der Waals surface area contributed by atoms with E-state index in [-0.39, 0.29) is 12.4 Å². The number of urea groups is 1. The summed E-state index contributed by atoms with van der Waals surface area (Å²) in [7, 11) is 0. The molecule has 6 nitrogen and oxygen atoms in total. The molecule has 2 rings (SSSR count). The number of primary amides is 1. The molecule has 0 spiro atoms. The number of nitrogens with zero attached hydrogens (tertiary/aromatic N) is 1. The van der Waals surface area contributed by atoms with Crippen LogP contribution in [0.4, 0.5) is 10.5 Å². The molecule has 0 bridgehead atoms. The number of nitrogens with two attached hydrogens (primary N) is 1. The smallest absolute Gasteiger partial charge is 0.338 e. The van der Waals surface area contributed by atoms with Crippen LogP contribution < -0.4 is 15.4 Å². The number of hydrogen-bond acceptors (Lipinski definition) is 4. The van der Waals surface area contributed by atoms with E-state index in [1.54, 1.807) is 12.1 Å². The summed E-state index contributed by atoms with van der Waals surface area (Å²) < 4.78 is 0.984. The number of benzene rings is 2. The number of carbonyl (C=O) groups is 3. The van der Waals surface area contributed by atoms with Crippen molar-refractivity contribution < 1.29 is 14.4 Å². The fourth-order valence-electron chi connectivity index (χ4n) is 2.31. The molecule has 0 fully saturated rings. The molecular weight excluding hydrogens is 386 g/mol. The Hall–Kier alpha value is -2.51. The summed E-state index contributed by atoms with van der Waals surface area (Å²) >= 11 is 4.10. The van der Waals surface area contributed by atoms with E-state index in [1.807, 2.05) is 12.1 Å². The van der Waals surface area contributed by atoms with Gasteiger partial charge in [-0.25, -0.2) is 9.10 Å². The molecule has 8 heteroatoms. The number of rotatable bonds is 6. The topological polar surface area (TPSA) is 92.5 Å². The number of anilines is 1. The van der Waals surface area contributed by atoms with Crippen LogP contribution in [0.5, 0.6) is 0 Å². The number of unbranched alkanes of at least 4 members (excludes halogenated alkanes) is 1. The van der Waals surface area contributed by atoms with Gasteiger partial charge in [0, 0.05) is 11.1 Å². The first-order chi connectivity index (χ1) is 12.4. The van der Waals surface area contributed by atoms with Crippen LogP contribution in [-0.4, -0.2) is 17.8 Å². The lowest BCUT2D eigenvalue weighted by atomic mass is 10.1. The number of halogens is 1. The summed E-state index contributed by atoms with van der Waals surface area (Å²) in [6.45, 7) is 2.12. The first kappa shape index (κ1) is 22.5. The second kappa shape index (κ2) is 10.6. The van der Waals surface area contributed by atoms with Gasteiger partial charge in [0.15, 0.2) is 0 Å². The van der Waals surface area contributed by atoms with Gasteiger partial charge in [-0.3, -0.25) is 14.9 Å². The third-order valence-electron chi connectivity index (χ3n) is 3.84. The van der Waals surface area contributed by atoms with E-state index in [0.29, 0.717) is 16.8 Å². The lowest BCUT2D eigenvalue weighted by molar-refractivity contribution is 0.0964. The molecule has 0 saturated heterocycles.